The van der Waals surface area contributed by atoms with Gasteiger partial charge in [0.25, 0.3) is 5.91 Å². The standard InChI is InChI=1S/C17H23NO4/c1-3-4-11-22-14-7-5-13(6-8-14)16(19)18-10-9-15(12(18)2)17(20)21/h5-8,12,15H,3-4,9-11H2,1-2H3,(H,20,21). The summed E-state index contributed by atoms with van der Waals surface area (Å²) in [5.74, 6) is -0.665. The molecule has 0 aliphatic carbocycles. The van der Waals surface area contributed by atoms with Crippen LogP contribution in [0.4, 0.5) is 0 Å². The predicted octanol–water partition coefficient (Wildman–Crippen LogP) is 2.80. The summed E-state index contributed by atoms with van der Waals surface area (Å²) in [6, 6.07) is 6.79. The van der Waals surface area contributed by atoms with Gasteiger partial charge in [-0.3, -0.25) is 9.59 Å². The Kier molecular flexibility index (Phi) is 5.41. The summed E-state index contributed by atoms with van der Waals surface area (Å²) < 4.78 is 5.57. The highest BCUT2D eigenvalue weighted by Crippen LogP contribution is 2.26. The number of likely N-dealkylation sites (tertiary alicyclic amines) is 1. The predicted molar refractivity (Wildman–Crippen MR) is 83.1 cm³/mol. The minimum absolute atomic E-state index is 0.114. The molecule has 1 aromatic carbocycles. The van der Waals surface area contributed by atoms with Crippen molar-refractivity contribution < 1.29 is 19.4 Å². The second-order valence-electron chi connectivity index (χ2n) is 5.70. The molecule has 0 radical (unpaired) electrons. The molecular formula is C17H23NO4. The van der Waals surface area contributed by atoms with Gasteiger partial charge in [0.05, 0.1) is 12.5 Å². The zero-order chi connectivity index (χ0) is 16.1. The SMILES string of the molecule is CCCCOc1ccc(C(=O)N2CCC(C(=O)O)C2C)cc1. The van der Waals surface area contributed by atoms with Crippen LogP contribution in [0.15, 0.2) is 24.3 Å². The van der Waals surface area contributed by atoms with E-state index in [9.17, 15) is 9.59 Å². The Morgan fingerprint density at radius 3 is 2.55 bits per heavy atom. The minimum Gasteiger partial charge on any atom is -0.494 e. The molecule has 2 atom stereocenters. The zero-order valence-electron chi connectivity index (χ0n) is 13.1. The van der Waals surface area contributed by atoms with Crippen molar-refractivity contribution in [3.05, 3.63) is 29.8 Å². The van der Waals surface area contributed by atoms with Crippen LogP contribution >= 0.6 is 0 Å². The average molecular weight is 305 g/mol. The van der Waals surface area contributed by atoms with Crippen LogP contribution in [0, 0.1) is 5.92 Å². The van der Waals surface area contributed by atoms with Crippen molar-refractivity contribution in [1.82, 2.24) is 4.90 Å². The van der Waals surface area contributed by atoms with E-state index in [0.717, 1.165) is 18.6 Å². The third kappa shape index (κ3) is 3.59. The molecule has 1 N–H and O–H groups in total. The third-order valence-electron chi connectivity index (χ3n) is 4.20. The summed E-state index contributed by atoms with van der Waals surface area (Å²) in [6.45, 7) is 5.07. The van der Waals surface area contributed by atoms with Gasteiger partial charge in [0.1, 0.15) is 5.75 Å². The maximum Gasteiger partial charge on any atom is 0.308 e. The lowest BCUT2D eigenvalue weighted by Gasteiger charge is -2.23. The summed E-state index contributed by atoms with van der Waals surface area (Å²) in [7, 11) is 0. The molecule has 1 heterocycles. The number of aliphatic carboxylic acids is 1. The molecule has 0 aromatic heterocycles. The molecule has 0 saturated carbocycles. The highest BCUT2D eigenvalue weighted by molar-refractivity contribution is 5.95. The molecule has 1 aromatic rings. The first-order chi connectivity index (χ1) is 10.5. The quantitative estimate of drug-likeness (QED) is 0.821. The molecule has 1 saturated heterocycles. The Morgan fingerprint density at radius 2 is 2.00 bits per heavy atom. The van der Waals surface area contributed by atoms with E-state index in [1.165, 1.54) is 0 Å². The van der Waals surface area contributed by atoms with Gasteiger partial charge >= 0.3 is 5.97 Å². The maximum absolute atomic E-state index is 12.5. The van der Waals surface area contributed by atoms with E-state index in [1.807, 2.05) is 0 Å². The molecule has 1 aliphatic rings. The van der Waals surface area contributed by atoms with Crippen LogP contribution in [0.1, 0.15) is 43.5 Å². The van der Waals surface area contributed by atoms with Crippen molar-refractivity contribution in [3.8, 4) is 5.75 Å². The van der Waals surface area contributed by atoms with Crippen LogP contribution in [0.2, 0.25) is 0 Å². The number of hydrogen-bond donors (Lipinski definition) is 1. The first-order valence-corrected chi connectivity index (χ1v) is 7.81. The van der Waals surface area contributed by atoms with Gasteiger partial charge in [-0.15, -0.1) is 0 Å². The normalized spacial score (nSPS) is 20.9. The average Bonchev–Trinajstić information content (AvgIpc) is 2.89. The molecule has 5 nitrogen and oxygen atoms in total. The van der Waals surface area contributed by atoms with Crippen LogP contribution in [0.5, 0.6) is 5.75 Å². The Labute approximate surface area is 130 Å². The molecule has 0 spiro atoms. The number of rotatable bonds is 6. The van der Waals surface area contributed by atoms with E-state index in [4.69, 9.17) is 9.84 Å². The number of hydrogen-bond acceptors (Lipinski definition) is 3. The van der Waals surface area contributed by atoms with Crippen LogP contribution < -0.4 is 4.74 Å². The monoisotopic (exact) mass is 305 g/mol. The second kappa shape index (κ2) is 7.29. The first-order valence-electron chi connectivity index (χ1n) is 7.81. The molecule has 22 heavy (non-hydrogen) atoms. The number of carboxylic acid groups (broad SMARTS) is 1. The summed E-state index contributed by atoms with van der Waals surface area (Å²) in [5, 5.41) is 9.14. The van der Waals surface area contributed by atoms with Gasteiger partial charge in [-0.05, 0) is 44.0 Å². The minimum atomic E-state index is -0.831. The van der Waals surface area contributed by atoms with Crippen LogP contribution in [-0.2, 0) is 4.79 Å². The molecule has 120 valence electrons. The van der Waals surface area contributed by atoms with Gasteiger partial charge in [0, 0.05) is 18.2 Å². The van der Waals surface area contributed by atoms with Crippen LogP contribution in [-0.4, -0.2) is 41.1 Å². The van der Waals surface area contributed by atoms with Gasteiger partial charge in [-0.1, -0.05) is 13.3 Å². The van der Waals surface area contributed by atoms with Crippen molar-refractivity contribution in [1.29, 1.82) is 0 Å². The molecule has 1 aliphatic heterocycles. The Hall–Kier alpha value is -2.04. The van der Waals surface area contributed by atoms with E-state index >= 15 is 0 Å². The summed E-state index contributed by atoms with van der Waals surface area (Å²) in [6.07, 6.45) is 2.59. The van der Waals surface area contributed by atoms with E-state index in [0.29, 0.717) is 25.1 Å². The second-order valence-corrected chi connectivity index (χ2v) is 5.70. The van der Waals surface area contributed by atoms with Crippen molar-refractivity contribution in [3.63, 3.8) is 0 Å². The topological polar surface area (TPSA) is 66.8 Å². The van der Waals surface area contributed by atoms with Crippen molar-refractivity contribution in [2.75, 3.05) is 13.2 Å². The molecule has 5 heteroatoms. The maximum atomic E-state index is 12.5. The Balaban J connectivity index is 1.99. The van der Waals surface area contributed by atoms with Crippen molar-refractivity contribution >= 4 is 11.9 Å². The fourth-order valence-electron chi connectivity index (χ4n) is 2.75. The number of carbonyl (C=O) groups is 2. The molecule has 2 unspecified atom stereocenters. The number of unbranched alkanes of at least 4 members (excludes halogenated alkanes) is 1. The number of ether oxygens (including phenoxy) is 1. The number of carbonyl (C=O) groups excluding carboxylic acids is 1. The van der Waals surface area contributed by atoms with E-state index < -0.39 is 11.9 Å². The number of nitrogens with zero attached hydrogens (tertiary/aromatic N) is 1. The van der Waals surface area contributed by atoms with Gasteiger partial charge < -0.3 is 14.7 Å². The lowest BCUT2D eigenvalue weighted by molar-refractivity contribution is -0.142. The lowest BCUT2D eigenvalue weighted by Crippen LogP contribution is -2.37. The zero-order valence-corrected chi connectivity index (χ0v) is 13.1. The van der Waals surface area contributed by atoms with Gasteiger partial charge in [-0.25, -0.2) is 0 Å². The van der Waals surface area contributed by atoms with Gasteiger partial charge in [0.2, 0.25) is 0 Å². The molecular weight excluding hydrogens is 282 g/mol. The molecule has 0 bridgehead atoms. The fraction of sp³-hybridized carbons (Fsp3) is 0.529. The fourth-order valence-corrected chi connectivity index (χ4v) is 2.75. The van der Waals surface area contributed by atoms with E-state index in [1.54, 1.807) is 36.1 Å². The smallest absolute Gasteiger partial charge is 0.308 e. The van der Waals surface area contributed by atoms with Crippen molar-refractivity contribution in [2.24, 2.45) is 5.92 Å². The lowest BCUT2D eigenvalue weighted by atomic mass is 10.0. The molecule has 1 fully saturated rings. The van der Waals surface area contributed by atoms with Crippen LogP contribution in [0.25, 0.3) is 0 Å². The highest BCUT2D eigenvalue weighted by Gasteiger charge is 2.38. The number of carboxylic acids is 1. The van der Waals surface area contributed by atoms with E-state index in [2.05, 4.69) is 6.92 Å². The van der Waals surface area contributed by atoms with E-state index in [-0.39, 0.29) is 11.9 Å². The number of amides is 1. The van der Waals surface area contributed by atoms with Crippen molar-refractivity contribution in [2.45, 2.75) is 39.2 Å². The summed E-state index contributed by atoms with van der Waals surface area (Å²) in [5.41, 5.74) is 0.570. The van der Waals surface area contributed by atoms with Gasteiger partial charge in [-0.2, -0.15) is 0 Å². The molecule has 1 amide bonds. The molecule has 2 rings (SSSR count). The Morgan fingerprint density at radius 1 is 1.32 bits per heavy atom. The first kappa shape index (κ1) is 16.3. The third-order valence-corrected chi connectivity index (χ3v) is 4.20. The van der Waals surface area contributed by atoms with Gasteiger partial charge in [0.15, 0.2) is 0 Å². The Bertz CT molecular complexity index is 526. The van der Waals surface area contributed by atoms with Crippen LogP contribution in [0.3, 0.4) is 0 Å². The summed E-state index contributed by atoms with van der Waals surface area (Å²) >= 11 is 0. The largest absolute Gasteiger partial charge is 0.494 e. The summed E-state index contributed by atoms with van der Waals surface area (Å²) in [4.78, 5) is 25.3. The highest BCUT2D eigenvalue weighted by atomic mass is 16.5. The number of benzene rings is 1.